The third kappa shape index (κ3) is 3.22. The minimum Gasteiger partial charge on any atom is -0.212 e. The minimum absolute atomic E-state index is 0.347. The zero-order valence-corrected chi connectivity index (χ0v) is 14.0. The first-order valence-corrected chi connectivity index (χ1v) is 9.14. The highest BCUT2D eigenvalue weighted by molar-refractivity contribution is 7.60. The molecule has 0 heterocycles. The van der Waals surface area contributed by atoms with Crippen molar-refractivity contribution in [2.45, 2.75) is 39.5 Å². The monoisotopic (exact) mass is 286 g/mol. The molecular formula is C18H25NP+. The molecule has 1 aliphatic carbocycles. The molecule has 0 radical (unpaired) electrons. The first-order chi connectivity index (χ1) is 9.50. The van der Waals surface area contributed by atoms with Crippen molar-refractivity contribution in [2.75, 3.05) is 11.8 Å². The molecule has 0 fully saturated rings. The van der Waals surface area contributed by atoms with Gasteiger partial charge in [-0.05, 0) is 35.1 Å². The molecule has 1 aliphatic rings. The van der Waals surface area contributed by atoms with Crippen molar-refractivity contribution in [3.63, 3.8) is 0 Å². The van der Waals surface area contributed by atoms with E-state index in [0.29, 0.717) is 11.8 Å². The quantitative estimate of drug-likeness (QED) is 0.703. The van der Waals surface area contributed by atoms with Gasteiger partial charge in [-0.15, -0.1) is 0 Å². The van der Waals surface area contributed by atoms with E-state index < -0.39 is 0 Å². The van der Waals surface area contributed by atoms with Crippen LogP contribution >= 0.6 is 7.70 Å². The highest BCUT2D eigenvalue weighted by atomic mass is 31.1. The van der Waals surface area contributed by atoms with E-state index in [-0.39, 0.29) is 7.70 Å². The van der Waals surface area contributed by atoms with E-state index in [1.54, 1.807) is 0 Å². The Morgan fingerprint density at radius 3 is 1.85 bits per heavy atom. The Morgan fingerprint density at radius 2 is 1.40 bits per heavy atom. The maximum absolute atomic E-state index is 3.81. The topological polar surface area (TPSA) is 12.0 Å². The van der Waals surface area contributed by atoms with E-state index in [9.17, 15) is 0 Å². The number of benzene rings is 1. The third-order valence-corrected chi connectivity index (χ3v) is 5.32. The molecule has 0 bridgehead atoms. The van der Waals surface area contributed by atoms with E-state index in [0.717, 1.165) is 0 Å². The zero-order chi connectivity index (χ0) is 14.7. The van der Waals surface area contributed by atoms with Gasteiger partial charge in [-0.2, -0.15) is 0 Å². The smallest absolute Gasteiger partial charge is 0.212 e. The second-order valence-electron chi connectivity index (χ2n) is 5.93. The van der Waals surface area contributed by atoms with Crippen LogP contribution in [0.15, 0.2) is 42.5 Å². The molecule has 20 heavy (non-hydrogen) atoms. The molecule has 2 heteroatoms. The summed E-state index contributed by atoms with van der Waals surface area (Å²) in [5, 5.41) is 5.22. The summed E-state index contributed by atoms with van der Waals surface area (Å²) in [4.78, 5) is 0. The first kappa shape index (κ1) is 15.1. The van der Waals surface area contributed by atoms with Gasteiger partial charge in [-0.3, -0.25) is 0 Å². The van der Waals surface area contributed by atoms with E-state index in [1.165, 1.54) is 22.1 Å². The molecule has 0 saturated carbocycles. The summed E-state index contributed by atoms with van der Waals surface area (Å²) >= 11 is 0. The largest absolute Gasteiger partial charge is 0.213 e. The van der Waals surface area contributed by atoms with Crippen LogP contribution in [0.1, 0.15) is 50.7 Å². The molecule has 1 nitrogen and oxygen atoms in total. The molecule has 0 spiro atoms. The predicted octanol–water partition coefficient (Wildman–Crippen LogP) is 5.67. The number of hydrogen-bond donors (Lipinski definition) is 1. The van der Waals surface area contributed by atoms with Crippen molar-refractivity contribution in [3.05, 3.63) is 53.6 Å². The van der Waals surface area contributed by atoms with Gasteiger partial charge in [0.25, 0.3) is 0 Å². The van der Waals surface area contributed by atoms with Crippen LogP contribution in [0.2, 0.25) is 0 Å². The Hall–Kier alpha value is -1.33. The fourth-order valence-electron chi connectivity index (χ4n) is 2.50. The molecule has 1 aromatic rings. The highest BCUT2D eigenvalue weighted by Crippen LogP contribution is 2.37. The van der Waals surface area contributed by atoms with Gasteiger partial charge in [0.05, 0.1) is 5.69 Å². The van der Waals surface area contributed by atoms with Crippen molar-refractivity contribution in [1.82, 2.24) is 0 Å². The maximum atomic E-state index is 3.81. The molecule has 1 N–H and O–H groups in total. The van der Waals surface area contributed by atoms with Crippen LogP contribution in [0, 0.1) is 0 Å². The number of anilines is 1. The Bertz CT molecular complexity index is 537. The van der Waals surface area contributed by atoms with Crippen LogP contribution in [0.5, 0.6) is 0 Å². The van der Waals surface area contributed by atoms with E-state index >= 15 is 0 Å². The van der Waals surface area contributed by atoms with E-state index in [2.05, 4.69) is 82.0 Å². The molecule has 2 rings (SSSR count). The summed E-state index contributed by atoms with van der Waals surface area (Å²) < 4.78 is 0. The lowest BCUT2D eigenvalue weighted by Crippen LogP contribution is -2.03. The Kier molecular flexibility index (Phi) is 4.83. The third-order valence-electron chi connectivity index (χ3n) is 3.68. The van der Waals surface area contributed by atoms with Crippen LogP contribution < -0.4 is 5.09 Å². The SMILES string of the molecule is CC(C)c1cccc(C(C)C)c1N[P+](C)=C1C=CC=C1. The fraction of sp³-hybridized carbons (Fsp3) is 0.389. The lowest BCUT2D eigenvalue weighted by atomic mass is 9.93. The van der Waals surface area contributed by atoms with E-state index in [4.69, 9.17) is 0 Å². The van der Waals surface area contributed by atoms with Gasteiger partial charge < -0.3 is 0 Å². The Balaban J connectivity index is 2.46. The average Bonchev–Trinajstić information content (AvgIpc) is 2.92. The summed E-state index contributed by atoms with van der Waals surface area (Å²) in [6.45, 7) is 11.4. The maximum Gasteiger partial charge on any atom is 0.213 e. The minimum atomic E-state index is -0.347. The van der Waals surface area contributed by atoms with Crippen LogP contribution in [-0.4, -0.2) is 12.0 Å². The molecule has 0 amide bonds. The Labute approximate surface area is 124 Å². The van der Waals surface area contributed by atoms with Gasteiger partial charge in [0.2, 0.25) is 7.70 Å². The molecule has 1 unspecified atom stereocenters. The molecule has 0 aromatic heterocycles. The normalized spacial score (nSPS) is 14.6. The van der Waals surface area contributed by atoms with Crippen molar-refractivity contribution in [2.24, 2.45) is 0 Å². The average molecular weight is 286 g/mol. The number of hydrogen-bond acceptors (Lipinski definition) is 1. The fourth-order valence-corrected chi connectivity index (χ4v) is 3.84. The number of nitrogens with one attached hydrogen (secondary N) is 1. The van der Waals surface area contributed by atoms with Gasteiger partial charge in [0.1, 0.15) is 6.66 Å². The standard InChI is InChI=1S/C18H25NP/c1-13(2)16-11-8-12-17(14(3)4)18(16)19-20(5)15-9-6-7-10-15/h6-14,19H,1-5H3/q+1. The van der Waals surface area contributed by atoms with Crippen LogP contribution in [0.4, 0.5) is 5.69 Å². The molecule has 1 aromatic carbocycles. The van der Waals surface area contributed by atoms with Gasteiger partial charge in [0.15, 0.2) is 5.29 Å². The lowest BCUT2D eigenvalue weighted by molar-refractivity contribution is 0.840. The summed E-state index contributed by atoms with van der Waals surface area (Å²) in [5.41, 5.74) is 4.21. The van der Waals surface area contributed by atoms with Crippen molar-refractivity contribution in [1.29, 1.82) is 0 Å². The lowest BCUT2D eigenvalue weighted by Gasteiger charge is -2.17. The first-order valence-electron chi connectivity index (χ1n) is 7.35. The van der Waals surface area contributed by atoms with Crippen LogP contribution in [-0.2, 0) is 0 Å². The summed E-state index contributed by atoms with van der Waals surface area (Å²) in [6.07, 6.45) is 8.67. The van der Waals surface area contributed by atoms with Gasteiger partial charge in [-0.1, -0.05) is 58.0 Å². The second kappa shape index (κ2) is 6.41. The number of rotatable bonds is 4. The summed E-state index contributed by atoms with van der Waals surface area (Å²) in [5.74, 6) is 1.08. The van der Waals surface area contributed by atoms with Crippen molar-refractivity contribution in [3.8, 4) is 0 Å². The predicted molar refractivity (Wildman–Crippen MR) is 94.4 cm³/mol. The Morgan fingerprint density at radius 1 is 0.900 bits per heavy atom. The zero-order valence-electron chi connectivity index (χ0n) is 13.1. The van der Waals surface area contributed by atoms with Crippen LogP contribution in [0.3, 0.4) is 0 Å². The highest BCUT2D eigenvalue weighted by Gasteiger charge is 2.19. The number of para-hydroxylation sites is 1. The molecule has 1 atom stereocenters. The van der Waals surface area contributed by atoms with Gasteiger partial charge in [-0.25, -0.2) is 5.09 Å². The molecule has 106 valence electrons. The van der Waals surface area contributed by atoms with Crippen molar-refractivity contribution >= 4 is 18.7 Å². The van der Waals surface area contributed by atoms with E-state index in [1.807, 2.05) is 0 Å². The molecule has 0 saturated heterocycles. The summed E-state index contributed by atoms with van der Waals surface area (Å²) in [7, 11) is -0.347. The molecule has 0 aliphatic heterocycles. The second-order valence-corrected chi connectivity index (χ2v) is 7.79. The van der Waals surface area contributed by atoms with Gasteiger partial charge in [0, 0.05) is 0 Å². The van der Waals surface area contributed by atoms with Crippen LogP contribution in [0.25, 0.3) is 0 Å². The number of allylic oxidation sites excluding steroid dienone is 4. The van der Waals surface area contributed by atoms with Crippen molar-refractivity contribution < 1.29 is 0 Å². The van der Waals surface area contributed by atoms with Gasteiger partial charge >= 0.3 is 0 Å². The molecular weight excluding hydrogens is 261 g/mol. The summed E-state index contributed by atoms with van der Waals surface area (Å²) in [6, 6.07) is 6.70.